The molecule has 0 aromatic rings. The highest BCUT2D eigenvalue weighted by Crippen LogP contribution is 2.17. The molecule has 0 aromatic heterocycles. The van der Waals surface area contributed by atoms with Crippen LogP contribution in [0.4, 0.5) is 0 Å². The van der Waals surface area contributed by atoms with Crippen LogP contribution in [0.3, 0.4) is 0 Å². The molecule has 0 spiro atoms. The summed E-state index contributed by atoms with van der Waals surface area (Å²) in [6, 6.07) is 0. The van der Waals surface area contributed by atoms with Gasteiger partial charge in [0.2, 0.25) is 0 Å². The maximum atomic E-state index is 12.8. The van der Waals surface area contributed by atoms with Crippen molar-refractivity contribution in [3.8, 4) is 0 Å². The van der Waals surface area contributed by atoms with Crippen LogP contribution < -0.4 is 0 Å². The van der Waals surface area contributed by atoms with Gasteiger partial charge in [0.05, 0.1) is 0 Å². The predicted octanol–water partition coefficient (Wildman–Crippen LogP) is 21.9. The van der Waals surface area contributed by atoms with Crippen LogP contribution in [0.15, 0.2) is 85.1 Å². The topological polar surface area (TPSA) is 78.9 Å². The third kappa shape index (κ3) is 61.3. The zero-order valence-electron chi connectivity index (χ0n) is 49.6. The number of esters is 3. The van der Waals surface area contributed by atoms with E-state index >= 15 is 0 Å². The van der Waals surface area contributed by atoms with Crippen LogP contribution in [0, 0.1) is 0 Å². The minimum Gasteiger partial charge on any atom is -0.462 e. The Morgan fingerprint density at radius 2 is 0.520 bits per heavy atom. The molecule has 1 atom stereocenters. The standard InChI is InChI=1S/C69H120O6/c1-4-7-10-13-15-17-19-21-23-25-27-29-31-33-34-36-37-39-41-43-45-47-49-51-53-56-59-62-68(71)74-65-66(64-73-67(70)61-58-55-12-9-6-3)75-69(72)63-60-57-54-52-50-48-46-44-42-40-38-35-32-30-28-26-24-22-20-18-16-14-11-8-5-2/h7,10,15,17,20-23,26-29,33-34,66H,4-6,8-9,11-14,16,18-19,24-25,30-32,35-65H2,1-3H3/b10-7-,17-15-,22-20-,23-21-,28-26-,29-27-,34-33-. The molecule has 0 radical (unpaired) electrons. The number of rotatable bonds is 58. The number of carbonyl (C=O) groups excluding carboxylic acids is 3. The molecule has 6 nitrogen and oxygen atoms in total. The maximum absolute atomic E-state index is 12.8. The van der Waals surface area contributed by atoms with Crippen LogP contribution in [-0.2, 0) is 28.6 Å². The number of unbranched alkanes of at least 4 members (excludes halogenated alkanes) is 33. The fourth-order valence-corrected chi connectivity index (χ4v) is 9.09. The molecular weight excluding hydrogens is 925 g/mol. The summed E-state index contributed by atoms with van der Waals surface area (Å²) in [7, 11) is 0. The molecule has 0 heterocycles. The number of carbonyl (C=O) groups is 3. The molecule has 0 saturated carbocycles. The molecule has 0 aliphatic heterocycles. The van der Waals surface area contributed by atoms with Gasteiger partial charge in [0.1, 0.15) is 13.2 Å². The van der Waals surface area contributed by atoms with Crippen molar-refractivity contribution in [3.63, 3.8) is 0 Å². The van der Waals surface area contributed by atoms with Crippen molar-refractivity contribution in [1.29, 1.82) is 0 Å². The Morgan fingerprint density at radius 3 is 0.813 bits per heavy atom. The van der Waals surface area contributed by atoms with E-state index in [1.165, 1.54) is 173 Å². The van der Waals surface area contributed by atoms with E-state index in [2.05, 4.69) is 106 Å². The summed E-state index contributed by atoms with van der Waals surface area (Å²) in [5, 5.41) is 0. The normalized spacial score (nSPS) is 12.6. The molecule has 432 valence electrons. The molecule has 0 aliphatic rings. The van der Waals surface area contributed by atoms with Crippen LogP contribution >= 0.6 is 0 Å². The van der Waals surface area contributed by atoms with Gasteiger partial charge in [-0.25, -0.2) is 0 Å². The van der Waals surface area contributed by atoms with E-state index in [4.69, 9.17) is 14.2 Å². The fourth-order valence-electron chi connectivity index (χ4n) is 9.09. The lowest BCUT2D eigenvalue weighted by molar-refractivity contribution is -0.167. The fraction of sp³-hybridized carbons (Fsp3) is 0.754. The van der Waals surface area contributed by atoms with Gasteiger partial charge in [-0.05, 0) is 96.3 Å². The molecule has 0 bridgehead atoms. The first kappa shape index (κ1) is 71.6. The van der Waals surface area contributed by atoms with Gasteiger partial charge in [-0.15, -0.1) is 0 Å². The highest BCUT2D eigenvalue weighted by Gasteiger charge is 2.19. The van der Waals surface area contributed by atoms with E-state index in [1.807, 2.05) is 0 Å². The van der Waals surface area contributed by atoms with Crippen molar-refractivity contribution in [2.45, 2.75) is 322 Å². The summed E-state index contributed by atoms with van der Waals surface area (Å²) in [5.74, 6) is -0.883. The summed E-state index contributed by atoms with van der Waals surface area (Å²) in [6.45, 7) is 6.46. The Hall–Kier alpha value is -3.41. The lowest BCUT2D eigenvalue weighted by Gasteiger charge is -2.18. The Labute approximate surface area is 465 Å². The summed E-state index contributed by atoms with van der Waals surface area (Å²) in [5.41, 5.74) is 0. The molecule has 0 saturated heterocycles. The average molecular weight is 1050 g/mol. The number of hydrogen-bond donors (Lipinski definition) is 0. The van der Waals surface area contributed by atoms with Crippen molar-refractivity contribution in [2.75, 3.05) is 13.2 Å². The van der Waals surface area contributed by atoms with Crippen molar-refractivity contribution in [1.82, 2.24) is 0 Å². The van der Waals surface area contributed by atoms with Crippen LogP contribution in [-0.4, -0.2) is 37.2 Å². The summed E-state index contributed by atoms with van der Waals surface area (Å²) in [4.78, 5) is 37.9. The summed E-state index contributed by atoms with van der Waals surface area (Å²) in [6.07, 6.45) is 83.5. The van der Waals surface area contributed by atoms with Gasteiger partial charge in [-0.2, -0.15) is 0 Å². The quantitative estimate of drug-likeness (QED) is 0.0261. The molecule has 0 fully saturated rings. The van der Waals surface area contributed by atoms with Gasteiger partial charge in [-0.3, -0.25) is 14.4 Å². The first-order valence-electron chi connectivity index (χ1n) is 32.1. The SMILES string of the molecule is CC/C=C\C/C=C\C/C=C\C/C=C\C/C=C\CCCCCCCCCCCCCC(=O)OCC(COC(=O)CCCCCCC)OC(=O)CCCCCCCCCCCCCCC/C=C\C/C=C\CCCCCCC. The molecule has 0 amide bonds. The van der Waals surface area contributed by atoms with E-state index in [0.29, 0.717) is 19.3 Å². The lowest BCUT2D eigenvalue weighted by Crippen LogP contribution is -2.30. The zero-order valence-corrected chi connectivity index (χ0v) is 49.6. The molecule has 75 heavy (non-hydrogen) atoms. The molecule has 1 unspecified atom stereocenters. The summed E-state index contributed by atoms with van der Waals surface area (Å²) >= 11 is 0. The van der Waals surface area contributed by atoms with E-state index in [9.17, 15) is 14.4 Å². The zero-order chi connectivity index (χ0) is 54.3. The Kier molecular flexibility index (Phi) is 60.3. The molecule has 0 aliphatic carbocycles. The highest BCUT2D eigenvalue weighted by molar-refractivity contribution is 5.71. The third-order valence-corrected chi connectivity index (χ3v) is 13.9. The highest BCUT2D eigenvalue weighted by atomic mass is 16.6. The van der Waals surface area contributed by atoms with Crippen LogP contribution in [0.25, 0.3) is 0 Å². The molecule has 6 heteroatoms. The van der Waals surface area contributed by atoms with Gasteiger partial charge in [0.25, 0.3) is 0 Å². The molecule has 0 rings (SSSR count). The molecular formula is C69H120O6. The first-order chi connectivity index (χ1) is 37.0. The van der Waals surface area contributed by atoms with E-state index in [0.717, 1.165) is 103 Å². The van der Waals surface area contributed by atoms with E-state index < -0.39 is 6.10 Å². The number of ether oxygens (including phenoxy) is 3. The van der Waals surface area contributed by atoms with Crippen molar-refractivity contribution in [3.05, 3.63) is 85.1 Å². The van der Waals surface area contributed by atoms with Gasteiger partial charge in [0, 0.05) is 19.3 Å². The second kappa shape index (κ2) is 63.1. The van der Waals surface area contributed by atoms with Crippen LogP contribution in [0.1, 0.15) is 316 Å². The first-order valence-corrected chi connectivity index (χ1v) is 32.1. The largest absolute Gasteiger partial charge is 0.462 e. The Balaban J connectivity index is 4.04. The van der Waals surface area contributed by atoms with Crippen LogP contribution in [0.2, 0.25) is 0 Å². The van der Waals surface area contributed by atoms with Crippen LogP contribution in [0.5, 0.6) is 0 Å². The second-order valence-corrected chi connectivity index (χ2v) is 21.3. The monoisotopic (exact) mass is 1040 g/mol. The van der Waals surface area contributed by atoms with Crippen molar-refractivity contribution < 1.29 is 28.6 Å². The minimum atomic E-state index is -0.774. The lowest BCUT2D eigenvalue weighted by atomic mass is 10.0. The summed E-state index contributed by atoms with van der Waals surface area (Å²) < 4.78 is 16.8. The third-order valence-electron chi connectivity index (χ3n) is 13.9. The number of allylic oxidation sites excluding steroid dienone is 14. The van der Waals surface area contributed by atoms with E-state index in [1.54, 1.807) is 0 Å². The molecule has 0 N–H and O–H groups in total. The van der Waals surface area contributed by atoms with Crippen molar-refractivity contribution in [2.24, 2.45) is 0 Å². The minimum absolute atomic E-state index is 0.0762. The smallest absolute Gasteiger partial charge is 0.306 e. The Bertz CT molecular complexity index is 1430. The predicted molar refractivity (Wildman–Crippen MR) is 325 cm³/mol. The number of hydrogen-bond acceptors (Lipinski definition) is 6. The van der Waals surface area contributed by atoms with E-state index in [-0.39, 0.29) is 31.1 Å². The Morgan fingerprint density at radius 1 is 0.280 bits per heavy atom. The van der Waals surface area contributed by atoms with Gasteiger partial charge in [0.15, 0.2) is 6.10 Å². The molecule has 0 aromatic carbocycles. The average Bonchev–Trinajstić information content (AvgIpc) is 3.41. The second-order valence-electron chi connectivity index (χ2n) is 21.3. The van der Waals surface area contributed by atoms with Gasteiger partial charge < -0.3 is 14.2 Å². The van der Waals surface area contributed by atoms with Gasteiger partial charge >= 0.3 is 17.9 Å². The van der Waals surface area contributed by atoms with Gasteiger partial charge in [-0.1, -0.05) is 286 Å². The van der Waals surface area contributed by atoms with Crippen molar-refractivity contribution >= 4 is 17.9 Å². The maximum Gasteiger partial charge on any atom is 0.306 e.